The average Bonchev–Trinajstić information content (AvgIpc) is 3.46. The lowest BCUT2D eigenvalue weighted by molar-refractivity contribution is -0.128. The Morgan fingerprint density at radius 3 is 2.65 bits per heavy atom. The molecule has 2 fully saturated rings. The van der Waals surface area contributed by atoms with Crippen LogP contribution in [0, 0.1) is 5.92 Å². The van der Waals surface area contributed by atoms with Gasteiger partial charge in [0, 0.05) is 23.5 Å². The number of carbonyl (C=O) groups is 1. The summed E-state index contributed by atoms with van der Waals surface area (Å²) < 4.78 is 11.0. The van der Waals surface area contributed by atoms with E-state index in [4.69, 9.17) is 9.26 Å². The van der Waals surface area contributed by atoms with Crippen LogP contribution in [0.2, 0.25) is 0 Å². The van der Waals surface area contributed by atoms with Crippen molar-refractivity contribution in [2.45, 2.75) is 50.0 Å². The largest absolute Gasteiger partial charge is 0.497 e. The van der Waals surface area contributed by atoms with E-state index in [1.165, 1.54) is 5.56 Å². The summed E-state index contributed by atoms with van der Waals surface area (Å²) in [6, 6.07) is 20.1. The van der Waals surface area contributed by atoms with Crippen molar-refractivity contribution in [1.82, 2.24) is 10.5 Å². The summed E-state index contributed by atoms with van der Waals surface area (Å²) >= 11 is 0. The van der Waals surface area contributed by atoms with Crippen molar-refractivity contribution in [2.24, 2.45) is 5.92 Å². The minimum Gasteiger partial charge on any atom is -0.497 e. The molecule has 5 heteroatoms. The third-order valence-corrected chi connectivity index (χ3v) is 7.01. The molecule has 1 N–H and O–H groups in total. The van der Waals surface area contributed by atoms with Gasteiger partial charge in [-0.1, -0.05) is 54.0 Å². The van der Waals surface area contributed by atoms with Gasteiger partial charge in [0.05, 0.1) is 18.3 Å². The third-order valence-electron chi connectivity index (χ3n) is 7.01. The monoisotopic (exact) mass is 416 g/mol. The molecular formula is C26H28N2O3. The van der Waals surface area contributed by atoms with E-state index in [-0.39, 0.29) is 23.3 Å². The number of hydrogen-bond acceptors (Lipinski definition) is 4. The second-order valence-corrected chi connectivity index (χ2v) is 8.78. The van der Waals surface area contributed by atoms with E-state index in [2.05, 4.69) is 34.7 Å². The summed E-state index contributed by atoms with van der Waals surface area (Å²) in [4.78, 5) is 13.4. The molecule has 5 nitrogen and oxygen atoms in total. The molecule has 0 bridgehead atoms. The van der Waals surface area contributed by atoms with Crippen molar-refractivity contribution >= 4 is 5.91 Å². The van der Waals surface area contributed by atoms with Crippen molar-refractivity contribution in [2.75, 3.05) is 7.11 Å². The molecule has 2 aliphatic rings. The number of aromatic nitrogens is 1. The molecule has 0 saturated heterocycles. The molecular weight excluding hydrogens is 388 g/mol. The molecule has 160 valence electrons. The zero-order valence-electron chi connectivity index (χ0n) is 17.8. The maximum atomic E-state index is 13.4. The SMILES string of the molecule is COc1cccc(-c2cc([C@@H]3CCC[C@H]3C(=O)NC3(c4ccccc4)CCC3)no2)c1. The number of hydrogen-bond donors (Lipinski definition) is 1. The molecule has 2 atom stereocenters. The highest BCUT2D eigenvalue weighted by Crippen LogP contribution is 2.44. The zero-order chi connectivity index (χ0) is 21.3. The number of rotatable bonds is 6. The van der Waals surface area contributed by atoms with E-state index >= 15 is 0 Å². The second-order valence-electron chi connectivity index (χ2n) is 8.78. The lowest BCUT2D eigenvalue weighted by Crippen LogP contribution is -2.52. The fraction of sp³-hybridized carbons (Fsp3) is 0.385. The molecule has 3 aromatic rings. The van der Waals surface area contributed by atoms with E-state index in [0.29, 0.717) is 5.76 Å². The van der Waals surface area contributed by atoms with Crippen molar-refractivity contribution in [3.8, 4) is 17.1 Å². The molecule has 2 aliphatic carbocycles. The van der Waals surface area contributed by atoms with Crippen molar-refractivity contribution < 1.29 is 14.1 Å². The predicted octanol–water partition coefficient (Wildman–Crippen LogP) is 5.43. The highest BCUT2D eigenvalue weighted by Gasteiger charge is 2.43. The summed E-state index contributed by atoms with van der Waals surface area (Å²) in [5, 5.41) is 7.78. The molecule has 0 aliphatic heterocycles. The molecule has 0 spiro atoms. The number of carbonyl (C=O) groups excluding carboxylic acids is 1. The first-order chi connectivity index (χ1) is 15.2. The van der Waals surface area contributed by atoms with E-state index in [9.17, 15) is 4.79 Å². The first-order valence-electron chi connectivity index (χ1n) is 11.2. The van der Waals surface area contributed by atoms with Crippen molar-refractivity contribution in [3.63, 3.8) is 0 Å². The van der Waals surface area contributed by atoms with Crippen LogP contribution in [0.25, 0.3) is 11.3 Å². The highest BCUT2D eigenvalue weighted by atomic mass is 16.5. The fourth-order valence-electron chi connectivity index (χ4n) is 5.11. The fourth-order valence-corrected chi connectivity index (χ4v) is 5.11. The smallest absolute Gasteiger partial charge is 0.224 e. The summed E-state index contributed by atoms with van der Waals surface area (Å²) in [7, 11) is 1.65. The summed E-state index contributed by atoms with van der Waals surface area (Å²) in [5.74, 6) is 1.66. The van der Waals surface area contributed by atoms with Crippen LogP contribution in [0.1, 0.15) is 55.7 Å². The Bertz CT molecular complexity index is 1060. The number of nitrogens with zero attached hydrogens (tertiary/aromatic N) is 1. The van der Waals surface area contributed by atoms with Gasteiger partial charge in [-0.3, -0.25) is 4.79 Å². The molecule has 31 heavy (non-hydrogen) atoms. The molecule has 0 unspecified atom stereocenters. The normalized spacial score (nSPS) is 22.0. The van der Waals surface area contributed by atoms with E-state index in [0.717, 1.165) is 55.5 Å². The van der Waals surface area contributed by atoms with Gasteiger partial charge in [-0.2, -0.15) is 0 Å². The van der Waals surface area contributed by atoms with Crippen LogP contribution in [-0.2, 0) is 10.3 Å². The summed E-state index contributed by atoms with van der Waals surface area (Å²) in [6.07, 6.45) is 6.04. The molecule has 5 rings (SSSR count). The Balaban J connectivity index is 1.34. The summed E-state index contributed by atoms with van der Waals surface area (Å²) in [6.45, 7) is 0. The van der Waals surface area contributed by atoms with Crippen LogP contribution in [0.15, 0.2) is 65.2 Å². The first kappa shape index (κ1) is 19.9. The highest BCUT2D eigenvalue weighted by molar-refractivity contribution is 5.81. The van der Waals surface area contributed by atoms with Gasteiger partial charge in [-0.15, -0.1) is 0 Å². The van der Waals surface area contributed by atoms with Crippen LogP contribution >= 0.6 is 0 Å². The van der Waals surface area contributed by atoms with Gasteiger partial charge in [0.2, 0.25) is 5.91 Å². The first-order valence-corrected chi connectivity index (χ1v) is 11.2. The van der Waals surface area contributed by atoms with Gasteiger partial charge in [0.1, 0.15) is 5.75 Å². The Morgan fingerprint density at radius 2 is 1.90 bits per heavy atom. The lowest BCUT2D eigenvalue weighted by atomic mass is 9.71. The molecule has 2 aromatic carbocycles. The van der Waals surface area contributed by atoms with Gasteiger partial charge in [0.25, 0.3) is 0 Å². The van der Waals surface area contributed by atoms with E-state index < -0.39 is 0 Å². The molecule has 1 amide bonds. The number of methoxy groups -OCH3 is 1. The molecule has 0 radical (unpaired) electrons. The van der Waals surface area contributed by atoms with Gasteiger partial charge >= 0.3 is 0 Å². The minimum atomic E-state index is -0.207. The quantitative estimate of drug-likeness (QED) is 0.582. The zero-order valence-corrected chi connectivity index (χ0v) is 17.8. The van der Waals surface area contributed by atoms with Crippen LogP contribution in [0.3, 0.4) is 0 Å². The van der Waals surface area contributed by atoms with Gasteiger partial charge in [0.15, 0.2) is 5.76 Å². The number of benzene rings is 2. The topological polar surface area (TPSA) is 64.4 Å². The number of nitrogens with one attached hydrogen (secondary N) is 1. The van der Waals surface area contributed by atoms with Crippen LogP contribution in [0.4, 0.5) is 0 Å². The van der Waals surface area contributed by atoms with Gasteiger partial charge in [-0.05, 0) is 49.8 Å². The Labute approximate surface area is 182 Å². The number of amides is 1. The van der Waals surface area contributed by atoms with Gasteiger partial charge < -0.3 is 14.6 Å². The third kappa shape index (κ3) is 3.73. The van der Waals surface area contributed by atoms with Crippen LogP contribution < -0.4 is 10.1 Å². The van der Waals surface area contributed by atoms with E-state index in [1.54, 1.807) is 7.11 Å². The number of ether oxygens (including phenoxy) is 1. The standard InChI is InChI=1S/C26H28N2O3/c1-30-20-11-5-8-18(16-20)24-17-23(28-31-24)21-12-6-13-22(21)25(29)27-26(14-7-15-26)19-9-3-2-4-10-19/h2-5,8-11,16-17,21-22H,6-7,12-15H2,1H3,(H,27,29)/t21-,22-/m1/s1. The predicted molar refractivity (Wildman–Crippen MR) is 119 cm³/mol. The van der Waals surface area contributed by atoms with Crippen LogP contribution in [0.5, 0.6) is 5.75 Å². The maximum Gasteiger partial charge on any atom is 0.224 e. The second kappa shape index (κ2) is 8.22. The van der Waals surface area contributed by atoms with Crippen LogP contribution in [-0.4, -0.2) is 18.2 Å². The van der Waals surface area contributed by atoms with Crippen molar-refractivity contribution in [3.05, 3.63) is 71.9 Å². The Hall–Kier alpha value is -3.08. The van der Waals surface area contributed by atoms with Crippen molar-refractivity contribution in [1.29, 1.82) is 0 Å². The summed E-state index contributed by atoms with van der Waals surface area (Å²) in [5.41, 5.74) is 2.81. The van der Waals surface area contributed by atoms with Gasteiger partial charge in [-0.25, -0.2) is 0 Å². The minimum absolute atomic E-state index is 0.0653. The maximum absolute atomic E-state index is 13.4. The molecule has 1 heterocycles. The molecule has 2 saturated carbocycles. The average molecular weight is 417 g/mol. The Kier molecular flexibility index (Phi) is 5.26. The Morgan fingerprint density at radius 1 is 1.06 bits per heavy atom. The van der Waals surface area contributed by atoms with E-state index in [1.807, 2.05) is 36.4 Å². The lowest BCUT2D eigenvalue weighted by Gasteiger charge is -2.44. The molecule has 1 aromatic heterocycles.